The topological polar surface area (TPSA) is 48.9 Å². The number of hydrogen-bond donors (Lipinski definition) is 2. The SMILES string of the molecule is CN=C(NCC(c1ccc(C)cc1)N1CCOCC1)NC(C)c1ccccc1. The zero-order valence-corrected chi connectivity index (χ0v) is 17.2. The third-order valence-electron chi connectivity index (χ3n) is 5.29. The highest BCUT2D eigenvalue weighted by molar-refractivity contribution is 5.80. The third-order valence-corrected chi connectivity index (χ3v) is 5.29. The van der Waals surface area contributed by atoms with Gasteiger partial charge in [-0.3, -0.25) is 9.89 Å². The number of rotatable bonds is 6. The Morgan fingerprint density at radius 2 is 1.71 bits per heavy atom. The molecule has 1 heterocycles. The maximum absolute atomic E-state index is 5.56. The molecule has 1 aliphatic rings. The van der Waals surface area contributed by atoms with E-state index < -0.39 is 0 Å². The van der Waals surface area contributed by atoms with Crippen molar-refractivity contribution in [1.29, 1.82) is 0 Å². The van der Waals surface area contributed by atoms with Gasteiger partial charge >= 0.3 is 0 Å². The van der Waals surface area contributed by atoms with Crippen LogP contribution in [-0.4, -0.2) is 50.8 Å². The van der Waals surface area contributed by atoms with Crippen molar-refractivity contribution in [3.8, 4) is 0 Å². The van der Waals surface area contributed by atoms with Gasteiger partial charge in [-0.2, -0.15) is 0 Å². The Kier molecular flexibility index (Phi) is 7.46. The fourth-order valence-corrected chi connectivity index (χ4v) is 3.55. The van der Waals surface area contributed by atoms with Crippen molar-refractivity contribution in [3.05, 3.63) is 71.3 Å². The van der Waals surface area contributed by atoms with Crippen LogP contribution in [0.1, 0.15) is 35.7 Å². The average Bonchev–Trinajstić information content (AvgIpc) is 2.75. The second-order valence-electron chi connectivity index (χ2n) is 7.30. The lowest BCUT2D eigenvalue weighted by Crippen LogP contribution is -2.46. The molecule has 0 bridgehead atoms. The molecular formula is C23H32N4O. The van der Waals surface area contributed by atoms with Gasteiger partial charge in [0.15, 0.2) is 5.96 Å². The van der Waals surface area contributed by atoms with Gasteiger partial charge in [0.05, 0.1) is 25.3 Å². The van der Waals surface area contributed by atoms with Crippen LogP contribution in [-0.2, 0) is 4.74 Å². The minimum absolute atomic E-state index is 0.189. The molecule has 1 aliphatic heterocycles. The van der Waals surface area contributed by atoms with Crippen LogP contribution in [0.25, 0.3) is 0 Å². The molecule has 0 amide bonds. The summed E-state index contributed by atoms with van der Waals surface area (Å²) in [6, 6.07) is 19.8. The highest BCUT2D eigenvalue weighted by Gasteiger charge is 2.23. The van der Waals surface area contributed by atoms with E-state index >= 15 is 0 Å². The first-order chi connectivity index (χ1) is 13.7. The molecule has 3 rings (SSSR count). The largest absolute Gasteiger partial charge is 0.379 e. The number of benzene rings is 2. The van der Waals surface area contributed by atoms with E-state index in [1.54, 1.807) is 0 Å². The van der Waals surface area contributed by atoms with Crippen molar-refractivity contribution >= 4 is 5.96 Å². The Morgan fingerprint density at radius 1 is 1.04 bits per heavy atom. The summed E-state index contributed by atoms with van der Waals surface area (Å²) >= 11 is 0. The molecular weight excluding hydrogens is 348 g/mol. The normalized spacial score (nSPS) is 17.8. The van der Waals surface area contributed by atoms with Crippen LogP contribution < -0.4 is 10.6 Å². The smallest absolute Gasteiger partial charge is 0.191 e. The number of ether oxygens (including phenoxy) is 1. The summed E-state index contributed by atoms with van der Waals surface area (Å²) in [5.74, 6) is 0.821. The standard InChI is InChI=1S/C23H32N4O/c1-18-9-11-21(12-10-18)22(27-13-15-28-16-14-27)17-25-23(24-3)26-19(2)20-7-5-4-6-8-20/h4-12,19,22H,13-17H2,1-3H3,(H2,24,25,26). The molecule has 2 N–H and O–H groups in total. The molecule has 2 atom stereocenters. The first kappa shape index (κ1) is 20.4. The average molecular weight is 381 g/mol. The molecule has 2 aromatic carbocycles. The van der Waals surface area contributed by atoms with Crippen molar-refractivity contribution in [1.82, 2.24) is 15.5 Å². The van der Waals surface area contributed by atoms with Crippen molar-refractivity contribution in [3.63, 3.8) is 0 Å². The Labute approximate surface area is 168 Å². The first-order valence-corrected chi connectivity index (χ1v) is 10.1. The summed E-state index contributed by atoms with van der Waals surface area (Å²) in [4.78, 5) is 6.92. The summed E-state index contributed by atoms with van der Waals surface area (Å²) in [7, 11) is 1.82. The maximum atomic E-state index is 5.56. The van der Waals surface area contributed by atoms with Crippen LogP contribution in [0.5, 0.6) is 0 Å². The fraction of sp³-hybridized carbons (Fsp3) is 0.435. The van der Waals surface area contributed by atoms with Crippen LogP contribution in [0.3, 0.4) is 0 Å². The van der Waals surface area contributed by atoms with Gasteiger partial charge < -0.3 is 15.4 Å². The molecule has 5 heteroatoms. The molecule has 150 valence electrons. The molecule has 1 saturated heterocycles. The summed E-state index contributed by atoms with van der Waals surface area (Å²) in [6.45, 7) is 8.56. The van der Waals surface area contributed by atoms with Gasteiger partial charge in [0, 0.05) is 26.7 Å². The highest BCUT2D eigenvalue weighted by atomic mass is 16.5. The zero-order chi connectivity index (χ0) is 19.8. The van der Waals surface area contributed by atoms with E-state index in [0.717, 1.165) is 38.8 Å². The lowest BCUT2D eigenvalue weighted by molar-refractivity contribution is 0.0170. The van der Waals surface area contributed by atoms with Crippen LogP contribution in [0.2, 0.25) is 0 Å². The molecule has 0 aromatic heterocycles. The van der Waals surface area contributed by atoms with E-state index in [2.05, 4.69) is 82.9 Å². The van der Waals surface area contributed by atoms with E-state index in [0.29, 0.717) is 0 Å². The molecule has 0 spiro atoms. The molecule has 28 heavy (non-hydrogen) atoms. The minimum Gasteiger partial charge on any atom is -0.379 e. The van der Waals surface area contributed by atoms with E-state index in [4.69, 9.17) is 4.74 Å². The lowest BCUT2D eigenvalue weighted by atomic mass is 10.0. The van der Waals surface area contributed by atoms with Crippen molar-refractivity contribution in [2.24, 2.45) is 4.99 Å². The monoisotopic (exact) mass is 380 g/mol. The molecule has 2 unspecified atom stereocenters. The Balaban J connectivity index is 1.66. The van der Waals surface area contributed by atoms with Crippen LogP contribution in [0.15, 0.2) is 59.6 Å². The number of hydrogen-bond acceptors (Lipinski definition) is 3. The van der Waals surface area contributed by atoms with Gasteiger partial charge in [0.2, 0.25) is 0 Å². The Bertz CT molecular complexity index is 739. The van der Waals surface area contributed by atoms with Crippen molar-refractivity contribution in [2.45, 2.75) is 25.9 Å². The molecule has 5 nitrogen and oxygen atoms in total. The van der Waals surface area contributed by atoms with Crippen LogP contribution in [0.4, 0.5) is 0 Å². The molecule has 0 aliphatic carbocycles. The Hall–Kier alpha value is -2.37. The van der Waals surface area contributed by atoms with Crippen LogP contribution in [0, 0.1) is 6.92 Å². The van der Waals surface area contributed by atoms with Gasteiger partial charge in [-0.1, -0.05) is 60.2 Å². The number of aliphatic imine (C=N–C) groups is 1. The van der Waals surface area contributed by atoms with Gasteiger partial charge in [-0.25, -0.2) is 0 Å². The van der Waals surface area contributed by atoms with Crippen LogP contribution >= 0.6 is 0 Å². The third kappa shape index (κ3) is 5.57. The molecule has 0 radical (unpaired) electrons. The predicted molar refractivity (Wildman–Crippen MR) is 116 cm³/mol. The zero-order valence-electron chi connectivity index (χ0n) is 17.2. The second-order valence-corrected chi connectivity index (χ2v) is 7.30. The number of aryl methyl sites for hydroxylation is 1. The van der Waals surface area contributed by atoms with Crippen molar-refractivity contribution < 1.29 is 4.74 Å². The first-order valence-electron chi connectivity index (χ1n) is 10.1. The Morgan fingerprint density at radius 3 is 2.36 bits per heavy atom. The number of guanidine groups is 1. The highest BCUT2D eigenvalue weighted by Crippen LogP contribution is 2.22. The lowest BCUT2D eigenvalue weighted by Gasteiger charge is -2.35. The number of nitrogens with one attached hydrogen (secondary N) is 2. The molecule has 0 saturated carbocycles. The quantitative estimate of drug-likeness (QED) is 0.596. The molecule has 1 fully saturated rings. The minimum atomic E-state index is 0.189. The summed E-state index contributed by atoms with van der Waals surface area (Å²) in [5.41, 5.74) is 3.85. The number of nitrogens with zero attached hydrogens (tertiary/aromatic N) is 2. The fourth-order valence-electron chi connectivity index (χ4n) is 3.55. The number of morpholine rings is 1. The molecule has 2 aromatic rings. The predicted octanol–water partition coefficient (Wildman–Crippen LogP) is 3.29. The van der Waals surface area contributed by atoms with Gasteiger partial charge in [0.1, 0.15) is 0 Å². The van der Waals surface area contributed by atoms with Crippen molar-refractivity contribution in [2.75, 3.05) is 39.9 Å². The maximum Gasteiger partial charge on any atom is 0.191 e. The second kappa shape index (κ2) is 10.2. The van der Waals surface area contributed by atoms with E-state index in [1.165, 1.54) is 16.7 Å². The van der Waals surface area contributed by atoms with E-state index in [-0.39, 0.29) is 12.1 Å². The van der Waals surface area contributed by atoms with E-state index in [1.807, 2.05) is 13.1 Å². The van der Waals surface area contributed by atoms with Gasteiger partial charge in [-0.15, -0.1) is 0 Å². The summed E-state index contributed by atoms with van der Waals surface area (Å²) in [5, 5.41) is 7.03. The summed E-state index contributed by atoms with van der Waals surface area (Å²) in [6.07, 6.45) is 0. The van der Waals surface area contributed by atoms with E-state index in [9.17, 15) is 0 Å². The van der Waals surface area contributed by atoms with Gasteiger partial charge in [-0.05, 0) is 25.0 Å². The summed E-state index contributed by atoms with van der Waals surface area (Å²) < 4.78 is 5.56. The van der Waals surface area contributed by atoms with Gasteiger partial charge in [0.25, 0.3) is 0 Å².